The minimum Gasteiger partial charge on any atom is -0.483 e. The van der Waals surface area contributed by atoms with Crippen molar-refractivity contribution in [3.05, 3.63) is 54.1 Å². The number of unbranched alkanes of at least 4 members (excludes halogenated alkanes) is 1. The monoisotopic (exact) mass is 917 g/mol. The Hall–Kier alpha value is -4.27. The van der Waals surface area contributed by atoms with Gasteiger partial charge in [0.15, 0.2) is 0 Å². The maximum Gasteiger partial charge on any atom is 0.290 e. The van der Waals surface area contributed by atoms with Crippen LogP contribution in [0.2, 0.25) is 0 Å². The van der Waals surface area contributed by atoms with E-state index in [0.29, 0.717) is 19.5 Å². The second-order valence-corrected chi connectivity index (χ2v) is 17.1. The van der Waals surface area contributed by atoms with E-state index < -0.39 is 30.2 Å². The van der Waals surface area contributed by atoms with Gasteiger partial charge in [-0.15, -0.1) is 0 Å². The highest BCUT2D eigenvalue weighted by atomic mass is 16.5. The highest BCUT2D eigenvalue weighted by Crippen LogP contribution is 2.29. The van der Waals surface area contributed by atoms with Crippen LogP contribution in [0.3, 0.4) is 0 Å². The Morgan fingerprint density at radius 2 is 1.60 bits per heavy atom. The van der Waals surface area contributed by atoms with E-state index in [4.69, 9.17) is 19.4 Å². The van der Waals surface area contributed by atoms with Crippen molar-refractivity contribution < 1.29 is 38.6 Å². The van der Waals surface area contributed by atoms with E-state index in [1.54, 1.807) is 26.2 Å². The van der Waals surface area contributed by atoms with Gasteiger partial charge in [0.05, 0.1) is 49.2 Å². The lowest BCUT2D eigenvalue weighted by Gasteiger charge is -2.39. The maximum absolute atomic E-state index is 14.2. The van der Waals surface area contributed by atoms with E-state index >= 15 is 0 Å². The largest absolute Gasteiger partial charge is 0.483 e. The number of methoxy groups -OCH3 is 2. The number of carbonyl (C=O) groups is 5. The third-order valence-corrected chi connectivity index (χ3v) is 11.6. The van der Waals surface area contributed by atoms with Crippen LogP contribution < -0.4 is 16.0 Å². The molecule has 1 fully saturated rings. The number of nitrogens with one attached hydrogen (secondary N) is 3. The molecule has 1 heterocycles. The van der Waals surface area contributed by atoms with E-state index in [2.05, 4.69) is 62.4 Å². The van der Waals surface area contributed by atoms with Crippen LogP contribution in [0.1, 0.15) is 133 Å². The number of hydrogen-bond donors (Lipinski definition) is 4. The molecule has 14 heteroatoms. The molecular weight excluding hydrogens is 825 g/mol. The Morgan fingerprint density at radius 3 is 2.11 bits per heavy atom. The molecule has 0 spiro atoms. The fourth-order valence-electron chi connectivity index (χ4n) is 8.30. The fraction of sp³-hybridized carbons (Fsp3) is 0.706. The smallest absolute Gasteiger partial charge is 0.290 e. The number of carbonyl (C=O) groups excluding carboxylic acids is 4. The van der Waals surface area contributed by atoms with Crippen LogP contribution in [-0.2, 0) is 40.0 Å². The number of anilines is 1. The summed E-state index contributed by atoms with van der Waals surface area (Å²) in [6, 6.07) is 6.84. The molecule has 2 rings (SSSR count). The summed E-state index contributed by atoms with van der Waals surface area (Å²) >= 11 is 0. The van der Waals surface area contributed by atoms with E-state index in [1.807, 2.05) is 96.6 Å². The summed E-state index contributed by atoms with van der Waals surface area (Å²) in [4.78, 5) is 68.9. The van der Waals surface area contributed by atoms with Crippen molar-refractivity contribution in [3.8, 4) is 0 Å². The fourth-order valence-corrected chi connectivity index (χ4v) is 8.30. The Balaban J connectivity index is 0. The lowest BCUT2D eigenvalue weighted by atomic mass is 9.90. The number of benzene rings is 1. The summed E-state index contributed by atoms with van der Waals surface area (Å²) < 4.78 is 12.0. The molecule has 4 amide bonds. The average molecular weight is 917 g/mol. The van der Waals surface area contributed by atoms with Crippen LogP contribution in [0.5, 0.6) is 0 Å². The number of nitrogens with zero attached hydrogens (tertiary/aromatic N) is 3. The zero-order chi connectivity index (χ0) is 50.2. The highest BCUT2D eigenvalue weighted by Gasteiger charge is 2.42. The molecular formula is C51H92N6O8. The zero-order valence-electron chi connectivity index (χ0n) is 43.4. The van der Waals surface area contributed by atoms with E-state index in [9.17, 15) is 19.2 Å². The minimum atomic E-state index is -0.594. The summed E-state index contributed by atoms with van der Waals surface area (Å²) in [7, 11) is 8.70. The first-order valence-electron chi connectivity index (χ1n) is 24.0. The van der Waals surface area contributed by atoms with Crippen molar-refractivity contribution in [2.75, 3.05) is 53.8 Å². The molecule has 1 aromatic rings. The predicted molar refractivity (Wildman–Crippen MR) is 267 cm³/mol. The van der Waals surface area contributed by atoms with Crippen LogP contribution in [0, 0.1) is 17.8 Å². The molecule has 1 aliphatic rings. The Kier molecular flexibility index (Phi) is 34.7. The van der Waals surface area contributed by atoms with Crippen molar-refractivity contribution in [2.45, 2.75) is 170 Å². The topological polar surface area (TPSA) is 170 Å². The second-order valence-electron chi connectivity index (χ2n) is 17.1. The summed E-state index contributed by atoms with van der Waals surface area (Å²) in [5, 5.41) is 16.1. The number of allylic oxidation sites excluding steroid dienone is 2. The van der Waals surface area contributed by atoms with Crippen LogP contribution in [0.15, 0.2) is 48.6 Å². The molecule has 4 N–H and O–H groups in total. The number of hydrogen-bond acceptors (Lipinski definition) is 9. The van der Waals surface area contributed by atoms with Gasteiger partial charge in [-0.1, -0.05) is 125 Å². The van der Waals surface area contributed by atoms with Gasteiger partial charge in [0.1, 0.15) is 0 Å². The molecule has 14 nitrogen and oxygen atoms in total. The van der Waals surface area contributed by atoms with Gasteiger partial charge in [-0.25, -0.2) is 0 Å². The average Bonchev–Trinajstić information content (AvgIpc) is 3.77. The molecule has 1 saturated heterocycles. The Morgan fingerprint density at radius 1 is 0.985 bits per heavy atom. The molecule has 8 unspecified atom stereocenters. The van der Waals surface area contributed by atoms with E-state index in [0.717, 1.165) is 48.9 Å². The van der Waals surface area contributed by atoms with Gasteiger partial charge in [-0.05, 0) is 69.2 Å². The van der Waals surface area contributed by atoms with Gasteiger partial charge >= 0.3 is 0 Å². The number of likely N-dealkylation sites (tertiary alicyclic amines) is 1. The Labute approximate surface area is 394 Å². The van der Waals surface area contributed by atoms with Crippen molar-refractivity contribution in [1.29, 1.82) is 0 Å². The van der Waals surface area contributed by atoms with Crippen molar-refractivity contribution in [2.24, 2.45) is 17.8 Å². The van der Waals surface area contributed by atoms with E-state index in [-0.39, 0.29) is 67.0 Å². The van der Waals surface area contributed by atoms with Crippen molar-refractivity contribution >= 4 is 35.8 Å². The van der Waals surface area contributed by atoms with Crippen LogP contribution in [0.25, 0.3) is 0 Å². The standard InChI is InChI=1S/C45H76N6O6.C3H8.C2H6.CH2O2/c1-14-17-20-34(16-3)25-32(7)48-44(54)33(8)43(57-13)37-23-19-24-51(37)39(52)27-38(56-12)42(31(6)15-2)50(11)40(53)28-47-45(55)41(30(4)5)49(10)29-35-21-18-22-36(26-35)46-9;1-3-2;1-2;2-1-3/h16,18,20-22,26,30-33,37-38,41-43,46H,3,14-15,17,19,23-25,27-29H2,1-2,4-13H3,(H,47,55)(H,48,54);3H2,1-2H3;1-2H3;1H,(H,2,3)/b34-20+;;;. The first kappa shape index (κ1) is 62.8. The lowest BCUT2D eigenvalue weighted by Crippen LogP contribution is -2.55. The molecule has 0 radical (unpaired) electrons. The molecule has 0 aromatic heterocycles. The number of ether oxygens (including phenoxy) is 2. The lowest BCUT2D eigenvalue weighted by molar-refractivity contribution is -0.146. The molecule has 374 valence electrons. The first-order chi connectivity index (χ1) is 30.9. The summed E-state index contributed by atoms with van der Waals surface area (Å²) in [6.07, 6.45) is 9.21. The van der Waals surface area contributed by atoms with Crippen molar-refractivity contribution in [1.82, 2.24) is 25.3 Å². The SMILES string of the molecule is C=C/C(=C\CCC)CC(C)NC(=O)C(C)C(OC)C1CCCN1C(=O)CC(OC)C(C(C)CC)N(C)C(=O)CNC(=O)C(C(C)C)N(C)Cc1cccc(NC)c1.CC.CCC.O=CO. The van der Waals surface area contributed by atoms with Gasteiger partial charge in [0.2, 0.25) is 23.6 Å². The van der Waals surface area contributed by atoms with Crippen molar-refractivity contribution in [3.63, 3.8) is 0 Å². The van der Waals surface area contributed by atoms with Crippen LogP contribution in [-0.4, -0.2) is 135 Å². The number of amides is 4. The molecule has 8 atom stereocenters. The Bertz CT molecular complexity index is 1540. The molecule has 0 aliphatic carbocycles. The zero-order valence-corrected chi connectivity index (χ0v) is 43.4. The number of rotatable bonds is 25. The van der Waals surface area contributed by atoms with Gasteiger partial charge in [-0.3, -0.25) is 28.9 Å². The third-order valence-electron chi connectivity index (χ3n) is 11.6. The predicted octanol–water partition coefficient (Wildman–Crippen LogP) is 8.17. The number of likely N-dealkylation sites (N-methyl/N-ethyl adjacent to an activating group) is 2. The van der Waals surface area contributed by atoms with Gasteiger partial charge in [0, 0.05) is 53.1 Å². The van der Waals surface area contributed by atoms with Crippen LogP contribution in [0.4, 0.5) is 5.69 Å². The first-order valence-corrected chi connectivity index (χ1v) is 24.0. The molecule has 1 aliphatic heterocycles. The highest BCUT2D eigenvalue weighted by molar-refractivity contribution is 5.88. The van der Waals surface area contributed by atoms with Crippen LogP contribution >= 0.6 is 0 Å². The summed E-state index contributed by atoms with van der Waals surface area (Å²) in [6.45, 7) is 27.0. The van der Waals surface area contributed by atoms with Gasteiger partial charge < -0.3 is 40.3 Å². The summed E-state index contributed by atoms with van der Waals surface area (Å²) in [5.41, 5.74) is 3.19. The second kappa shape index (κ2) is 35.9. The third kappa shape index (κ3) is 22.2. The molecule has 0 saturated carbocycles. The quantitative estimate of drug-likeness (QED) is 0.0555. The van der Waals surface area contributed by atoms with Gasteiger partial charge in [0.25, 0.3) is 6.47 Å². The molecule has 1 aromatic carbocycles. The van der Waals surface area contributed by atoms with E-state index in [1.165, 1.54) is 6.42 Å². The van der Waals surface area contributed by atoms with Gasteiger partial charge in [-0.2, -0.15) is 0 Å². The molecule has 65 heavy (non-hydrogen) atoms. The summed E-state index contributed by atoms with van der Waals surface area (Å²) in [5.74, 6) is -1.18. The number of carboxylic acid groups (broad SMARTS) is 1. The molecule has 0 bridgehead atoms. The normalized spacial score (nSPS) is 16.6. The maximum atomic E-state index is 14.2. The minimum absolute atomic E-state index is 0.000510.